The van der Waals surface area contributed by atoms with Gasteiger partial charge in [-0.1, -0.05) is 18.6 Å². The Hall–Kier alpha value is -2.47. The number of urea groups is 1. The summed E-state index contributed by atoms with van der Waals surface area (Å²) in [5, 5.41) is 5.88. The quantitative estimate of drug-likeness (QED) is 0.798. The van der Waals surface area contributed by atoms with Crippen LogP contribution in [0, 0.1) is 0 Å². The molecule has 1 fully saturated rings. The lowest BCUT2D eigenvalue weighted by Crippen LogP contribution is -2.43. The number of benzene rings is 1. The lowest BCUT2D eigenvalue weighted by molar-refractivity contribution is 0.143. The fraction of sp³-hybridized carbons (Fsp3) is 0.450. The molecule has 2 N–H and O–H groups in total. The fourth-order valence-corrected chi connectivity index (χ4v) is 3.30. The summed E-state index contributed by atoms with van der Waals surface area (Å²) in [7, 11) is 1.64. The second-order valence-corrected chi connectivity index (χ2v) is 6.54. The van der Waals surface area contributed by atoms with Crippen molar-refractivity contribution in [3.63, 3.8) is 0 Å². The molecule has 140 valence electrons. The fourth-order valence-electron chi connectivity index (χ4n) is 3.30. The highest BCUT2D eigenvalue weighted by Crippen LogP contribution is 2.24. The first-order valence-electron chi connectivity index (χ1n) is 9.18. The highest BCUT2D eigenvalue weighted by Gasteiger charge is 2.24. The molecule has 2 amide bonds. The van der Waals surface area contributed by atoms with Gasteiger partial charge in [0, 0.05) is 13.1 Å². The molecule has 1 atom stereocenters. The molecule has 26 heavy (non-hydrogen) atoms. The van der Waals surface area contributed by atoms with Gasteiger partial charge in [0.05, 0.1) is 19.4 Å². The SMILES string of the molecule is COc1ccc(CNC(=O)NCC(c2ccco2)N2CCCCC2)cc1. The molecule has 3 rings (SSSR count). The van der Waals surface area contributed by atoms with Crippen molar-refractivity contribution in [2.75, 3.05) is 26.7 Å². The second-order valence-electron chi connectivity index (χ2n) is 6.54. The van der Waals surface area contributed by atoms with E-state index in [9.17, 15) is 4.79 Å². The van der Waals surface area contributed by atoms with E-state index in [0.717, 1.165) is 30.2 Å². The van der Waals surface area contributed by atoms with Gasteiger partial charge < -0.3 is 19.8 Å². The number of carbonyl (C=O) groups is 1. The van der Waals surface area contributed by atoms with Crippen molar-refractivity contribution in [1.29, 1.82) is 0 Å². The van der Waals surface area contributed by atoms with Crippen molar-refractivity contribution < 1.29 is 13.9 Å². The third-order valence-corrected chi connectivity index (χ3v) is 4.77. The minimum Gasteiger partial charge on any atom is -0.497 e. The summed E-state index contributed by atoms with van der Waals surface area (Å²) in [6.45, 7) is 3.09. The molecule has 6 nitrogen and oxygen atoms in total. The third-order valence-electron chi connectivity index (χ3n) is 4.77. The zero-order valence-electron chi connectivity index (χ0n) is 15.2. The normalized spacial score (nSPS) is 16.0. The van der Waals surface area contributed by atoms with Gasteiger partial charge in [-0.2, -0.15) is 0 Å². The molecule has 0 radical (unpaired) electrons. The Bertz CT molecular complexity index is 664. The molecule has 0 spiro atoms. The lowest BCUT2D eigenvalue weighted by Gasteiger charge is -2.33. The first kappa shape index (κ1) is 18.3. The molecule has 1 aliphatic heterocycles. The zero-order chi connectivity index (χ0) is 18.2. The minimum atomic E-state index is -0.172. The number of furan rings is 1. The van der Waals surface area contributed by atoms with Crippen LogP contribution in [-0.2, 0) is 6.54 Å². The van der Waals surface area contributed by atoms with E-state index in [-0.39, 0.29) is 12.1 Å². The van der Waals surface area contributed by atoms with Crippen LogP contribution in [0.1, 0.15) is 36.6 Å². The molecular weight excluding hydrogens is 330 g/mol. The van der Waals surface area contributed by atoms with Crippen molar-refractivity contribution >= 4 is 6.03 Å². The maximum absolute atomic E-state index is 12.2. The maximum Gasteiger partial charge on any atom is 0.315 e. The van der Waals surface area contributed by atoms with E-state index in [1.807, 2.05) is 36.4 Å². The topological polar surface area (TPSA) is 66.7 Å². The predicted molar refractivity (Wildman–Crippen MR) is 100 cm³/mol. The minimum absolute atomic E-state index is 0.0806. The van der Waals surface area contributed by atoms with E-state index in [2.05, 4.69) is 15.5 Å². The number of nitrogens with one attached hydrogen (secondary N) is 2. The van der Waals surface area contributed by atoms with Gasteiger partial charge in [0.1, 0.15) is 11.5 Å². The summed E-state index contributed by atoms with van der Waals surface area (Å²) in [5.74, 6) is 1.71. The number of hydrogen-bond donors (Lipinski definition) is 2. The predicted octanol–water partition coefficient (Wildman–Crippen LogP) is 3.31. The van der Waals surface area contributed by atoms with Crippen LogP contribution in [0.2, 0.25) is 0 Å². The number of amides is 2. The number of hydrogen-bond acceptors (Lipinski definition) is 4. The van der Waals surface area contributed by atoms with E-state index >= 15 is 0 Å². The summed E-state index contributed by atoms with van der Waals surface area (Å²) < 4.78 is 10.7. The van der Waals surface area contributed by atoms with Crippen LogP contribution >= 0.6 is 0 Å². The van der Waals surface area contributed by atoms with Crippen molar-refractivity contribution in [2.45, 2.75) is 31.8 Å². The van der Waals surface area contributed by atoms with E-state index in [1.54, 1.807) is 13.4 Å². The van der Waals surface area contributed by atoms with E-state index in [4.69, 9.17) is 9.15 Å². The number of nitrogens with zero attached hydrogens (tertiary/aromatic N) is 1. The van der Waals surface area contributed by atoms with Crippen molar-refractivity contribution in [1.82, 2.24) is 15.5 Å². The molecule has 1 aromatic carbocycles. The average molecular weight is 357 g/mol. The van der Waals surface area contributed by atoms with Gasteiger partial charge in [-0.3, -0.25) is 4.90 Å². The van der Waals surface area contributed by atoms with Crippen LogP contribution in [-0.4, -0.2) is 37.7 Å². The largest absolute Gasteiger partial charge is 0.497 e. The van der Waals surface area contributed by atoms with Crippen LogP contribution in [0.5, 0.6) is 5.75 Å². The standard InChI is InChI=1S/C20H27N3O3/c1-25-17-9-7-16(8-10-17)14-21-20(24)22-15-18(19-6-5-13-26-19)23-11-3-2-4-12-23/h5-10,13,18H,2-4,11-12,14-15H2,1H3,(H2,21,22,24). The Morgan fingerprint density at radius 1 is 1.15 bits per heavy atom. The van der Waals surface area contributed by atoms with Gasteiger partial charge in [0.2, 0.25) is 0 Å². The van der Waals surface area contributed by atoms with Crippen molar-refractivity contribution in [2.24, 2.45) is 0 Å². The van der Waals surface area contributed by atoms with Gasteiger partial charge >= 0.3 is 6.03 Å². The van der Waals surface area contributed by atoms with E-state index in [1.165, 1.54) is 19.3 Å². The van der Waals surface area contributed by atoms with E-state index < -0.39 is 0 Å². The Balaban J connectivity index is 1.50. The smallest absolute Gasteiger partial charge is 0.315 e. The second kappa shape index (κ2) is 9.29. The lowest BCUT2D eigenvalue weighted by atomic mass is 10.1. The molecule has 1 aliphatic rings. The Labute approximate surface area is 154 Å². The Kier molecular flexibility index (Phi) is 6.55. The van der Waals surface area contributed by atoms with Gasteiger partial charge in [-0.15, -0.1) is 0 Å². The van der Waals surface area contributed by atoms with Crippen LogP contribution in [0.25, 0.3) is 0 Å². The molecule has 1 saturated heterocycles. The molecule has 0 saturated carbocycles. The maximum atomic E-state index is 12.2. The highest BCUT2D eigenvalue weighted by molar-refractivity contribution is 5.73. The molecule has 2 heterocycles. The van der Waals surface area contributed by atoms with Gasteiger partial charge in [-0.05, 0) is 55.8 Å². The summed E-state index contributed by atoms with van der Waals surface area (Å²) >= 11 is 0. The summed E-state index contributed by atoms with van der Waals surface area (Å²) in [4.78, 5) is 14.6. The number of carbonyl (C=O) groups excluding carboxylic acids is 1. The van der Waals surface area contributed by atoms with E-state index in [0.29, 0.717) is 13.1 Å². The molecule has 1 unspecified atom stereocenters. The first-order valence-corrected chi connectivity index (χ1v) is 9.18. The van der Waals surface area contributed by atoms with Crippen LogP contribution in [0.4, 0.5) is 4.79 Å². The molecular formula is C20H27N3O3. The average Bonchev–Trinajstić information content (AvgIpc) is 3.22. The monoisotopic (exact) mass is 357 g/mol. The number of piperidine rings is 1. The summed E-state index contributed by atoms with van der Waals surface area (Å²) in [6.07, 6.45) is 5.36. The van der Waals surface area contributed by atoms with Gasteiger partial charge in [0.25, 0.3) is 0 Å². The van der Waals surface area contributed by atoms with Crippen molar-refractivity contribution in [3.8, 4) is 5.75 Å². The number of rotatable bonds is 7. The summed E-state index contributed by atoms with van der Waals surface area (Å²) in [5.41, 5.74) is 1.03. The van der Waals surface area contributed by atoms with Gasteiger partial charge in [0.15, 0.2) is 0 Å². The summed E-state index contributed by atoms with van der Waals surface area (Å²) in [6, 6.07) is 11.5. The molecule has 6 heteroatoms. The van der Waals surface area contributed by atoms with Gasteiger partial charge in [-0.25, -0.2) is 4.79 Å². The Morgan fingerprint density at radius 2 is 1.92 bits per heavy atom. The van der Waals surface area contributed by atoms with Crippen LogP contribution in [0.15, 0.2) is 47.1 Å². The van der Waals surface area contributed by atoms with Crippen molar-refractivity contribution in [3.05, 3.63) is 54.0 Å². The molecule has 1 aromatic heterocycles. The van der Waals surface area contributed by atoms with Crippen LogP contribution < -0.4 is 15.4 Å². The highest BCUT2D eigenvalue weighted by atomic mass is 16.5. The first-order chi connectivity index (χ1) is 12.8. The van der Waals surface area contributed by atoms with Crippen LogP contribution in [0.3, 0.4) is 0 Å². The third kappa shape index (κ3) is 5.02. The number of likely N-dealkylation sites (tertiary alicyclic amines) is 1. The molecule has 0 aliphatic carbocycles. The zero-order valence-corrected chi connectivity index (χ0v) is 15.2. The Morgan fingerprint density at radius 3 is 2.58 bits per heavy atom. The molecule has 0 bridgehead atoms. The number of methoxy groups -OCH3 is 1. The molecule has 2 aromatic rings. The number of ether oxygens (including phenoxy) is 1.